The van der Waals surface area contributed by atoms with Crippen LogP contribution in [0, 0.1) is 5.82 Å². The summed E-state index contributed by atoms with van der Waals surface area (Å²) in [5.74, 6) is -1.04. The van der Waals surface area contributed by atoms with E-state index in [1.165, 1.54) is 19.2 Å². The minimum Gasteiger partial charge on any atom is -0.469 e. The number of carbonyl (C=O) groups excluding carboxylic acids is 2. The number of ether oxygens (including phenoxy) is 2. The number of hydrogen-bond acceptors (Lipinski definition) is 5. The number of benzene rings is 2. The zero-order valence-corrected chi connectivity index (χ0v) is 20.5. The Kier molecular flexibility index (Phi) is 9.12. The zero-order chi connectivity index (χ0) is 24.7. The van der Waals surface area contributed by atoms with Crippen molar-refractivity contribution in [3.63, 3.8) is 0 Å². The quantitative estimate of drug-likeness (QED) is 0.456. The molecule has 0 aromatic heterocycles. The van der Waals surface area contributed by atoms with Gasteiger partial charge in [0.2, 0.25) is 0 Å². The Bertz CT molecular complexity index is 1010. The van der Waals surface area contributed by atoms with Crippen LogP contribution in [-0.4, -0.2) is 44.9 Å². The van der Waals surface area contributed by atoms with Crippen molar-refractivity contribution in [3.8, 4) is 0 Å². The van der Waals surface area contributed by atoms with E-state index in [9.17, 15) is 14.0 Å². The zero-order valence-electron chi connectivity index (χ0n) is 19.7. The van der Waals surface area contributed by atoms with Crippen LogP contribution in [0.3, 0.4) is 0 Å². The van der Waals surface area contributed by atoms with Crippen LogP contribution >= 0.6 is 11.6 Å². The molecule has 1 aliphatic heterocycles. The van der Waals surface area contributed by atoms with Crippen LogP contribution in [0.4, 0.5) is 26.2 Å². The molecule has 1 aliphatic rings. The van der Waals surface area contributed by atoms with E-state index in [0.29, 0.717) is 18.9 Å². The number of halogens is 2. The summed E-state index contributed by atoms with van der Waals surface area (Å²) in [7, 11) is 1.36. The largest absolute Gasteiger partial charge is 0.469 e. The van der Waals surface area contributed by atoms with Crippen molar-refractivity contribution in [3.05, 3.63) is 52.8 Å². The summed E-state index contributed by atoms with van der Waals surface area (Å²) >= 11 is 5.81. The fourth-order valence-corrected chi connectivity index (χ4v) is 4.31. The molecule has 0 spiro atoms. The maximum Gasteiger partial charge on any atom is 0.323 e. The molecular formula is C25H31ClFN3O4. The van der Waals surface area contributed by atoms with E-state index in [1.54, 1.807) is 0 Å². The summed E-state index contributed by atoms with van der Waals surface area (Å²) in [5, 5.41) is 5.67. The van der Waals surface area contributed by atoms with Gasteiger partial charge in [-0.25, -0.2) is 9.18 Å². The van der Waals surface area contributed by atoms with Crippen molar-refractivity contribution < 1.29 is 23.5 Å². The van der Waals surface area contributed by atoms with E-state index in [4.69, 9.17) is 21.1 Å². The minimum atomic E-state index is -0.624. The molecule has 184 valence electrons. The van der Waals surface area contributed by atoms with Gasteiger partial charge in [0, 0.05) is 30.8 Å². The smallest absolute Gasteiger partial charge is 0.323 e. The van der Waals surface area contributed by atoms with Gasteiger partial charge in [-0.3, -0.25) is 4.79 Å². The Labute approximate surface area is 204 Å². The Morgan fingerprint density at radius 1 is 1.18 bits per heavy atom. The fraction of sp³-hybridized carbons (Fsp3) is 0.440. The van der Waals surface area contributed by atoms with E-state index in [2.05, 4.69) is 22.5 Å². The normalized spacial score (nSPS) is 14.9. The van der Waals surface area contributed by atoms with Gasteiger partial charge in [-0.1, -0.05) is 24.6 Å². The fourth-order valence-electron chi connectivity index (χ4n) is 4.15. The number of carbonyl (C=O) groups is 2. The van der Waals surface area contributed by atoms with Gasteiger partial charge in [0.25, 0.3) is 0 Å². The van der Waals surface area contributed by atoms with Crippen LogP contribution in [0.15, 0.2) is 36.4 Å². The molecular weight excluding hydrogens is 461 g/mol. The lowest BCUT2D eigenvalue weighted by atomic mass is 9.96. The van der Waals surface area contributed by atoms with Crippen molar-refractivity contribution in [2.24, 2.45) is 0 Å². The van der Waals surface area contributed by atoms with Crippen LogP contribution in [0.5, 0.6) is 0 Å². The molecule has 1 saturated heterocycles. The minimum absolute atomic E-state index is 0.0236. The number of nitrogens with zero attached hydrogens (tertiary/aromatic N) is 1. The van der Waals surface area contributed by atoms with Gasteiger partial charge in [-0.05, 0) is 61.6 Å². The summed E-state index contributed by atoms with van der Waals surface area (Å²) in [6.07, 6.45) is 1.99. The SMILES string of the molecule is CCN(c1ccc(C(C)CC(=O)OC)cc1NC(=O)Nc1ccc(Cl)cc1F)C1CCOCC1. The Morgan fingerprint density at radius 2 is 1.88 bits per heavy atom. The highest BCUT2D eigenvalue weighted by atomic mass is 35.5. The van der Waals surface area contributed by atoms with Crippen LogP contribution in [0.1, 0.15) is 44.6 Å². The molecule has 0 radical (unpaired) electrons. The second kappa shape index (κ2) is 12.0. The first kappa shape index (κ1) is 25.8. The predicted molar refractivity (Wildman–Crippen MR) is 132 cm³/mol. The van der Waals surface area contributed by atoms with Gasteiger partial charge >= 0.3 is 12.0 Å². The second-order valence-electron chi connectivity index (χ2n) is 8.29. The highest BCUT2D eigenvalue weighted by Gasteiger charge is 2.24. The maximum atomic E-state index is 14.2. The second-order valence-corrected chi connectivity index (χ2v) is 8.73. The third-order valence-electron chi connectivity index (χ3n) is 6.00. The summed E-state index contributed by atoms with van der Waals surface area (Å²) in [5.41, 5.74) is 2.34. The molecule has 0 aliphatic carbocycles. The molecule has 2 aromatic rings. The number of methoxy groups -OCH3 is 1. The van der Waals surface area contributed by atoms with Gasteiger partial charge in [-0.15, -0.1) is 0 Å². The van der Waals surface area contributed by atoms with E-state index in [0.717, 1.165) is 36.7 Å². The molecule has 0 saturated carbocycles. The third kappa shape index (κ3) is 6.61. The first-order valence-electron chi connectivity index (χ1n) is 11.4. The van der Waals surface area contributed by atoms with E-state index < -0.39 is 11.8 Å². The molecule has 2 aromatic carbocycles. The molecule has 1 unspecified atom stereocenters. The van der Waals surface area contributed by atoms with Crippen molar-refractivity contribution in [1.29, 1.82) is 0 Å². The number of esters is 1. The van der Waals surface area contributed by atoms with Gasteiger partial charge in [0.1, 0.15) is 5.82 Å². The third-order valence-corrected chi connectivity index (χ3v) is 6.23. The summed E-state index contributed by atoms with van der Waals surface area (Å²) in [6.45, 7) is 6.11. The monoisotopic (exact) mass is 491 g/mol. The number of amides is 2. The topological polar surface area (TPSA) is 79.9 Å². The van der Waals surface area contributed by atoms with Gasteiger partial charge in [-0.2, -0.15) is 0 Å². The van der Waals surface area contributed by atoms with Crippen LogP contribution in [-0.2, 0) is 14.3 Å². The number of urea groups is 1. The molecule has 1 heterocycles. The molecule has 2 amide bonds. The van der Waals surface area contributed by atoms with Crippen molar-refractivity contribution in [2.45, 2.75) is 45.1 Å². The summed E-state index contributed by atoms with van der Waals surface area (Å²) in [6, 6.07) is 9.54. The number of anilines is 3. The highest BCUT2D eigenvalue weighted by molar-refractivity contribution is 6.30. The summed E-state index contributed by atoms with van der Waals surface area (Å²) < 4.78 is 24.5. The van der Waals surface area contributed by atoms with Gasteiger partial charge in [0.05, 0.1) is 30.6 Å². The average Bonchev–Trinajstić information content (AvgIpc) is 2.82. The van der Waals surface area contributed by atoms with Gasteiger partial charge < -0.3 is 25.0 Å². The van der Waals surface area contributed by atoms with Crippen LogP contribution < -0.4 is 15.5 Å². The Morgan fingerprint density at radius 3 is 2.53 bits per heavy atom. The number of hydrogen-bond donors (Lipinski definition) is 2. The first-order chi connectivity index (χ1) is 16.3. The molecule has 9 heteroatoms. The molecule has 3 rings (SSSR count). The lowest BCUT2D eigenvalue weighted by molar-refractivity contribution is -0.140. The van der Waals surface area contributed by atoms with Gasteiger partial charge in [0.15, 0.2) is 0 Å². The average molecular weight is 492 g/mol. The van der Waals surface area contributed by atoms with Crippen molar-refractivity contribution >= 4 is 40.7 Å². The molecule has 1 fully saturated rings. The molecule has 0 bridgehead atoms. The molecule has 34 heavy (non-hydrogen) atoms. The standard InChI is InChI=1S/C25H31ClFN3O4/c1-4-30(19-9-11-34-12-10-19)23-8-5-17(16(2)13-24(31)33-3)14-22(23)29-25(32)28-21-7-6-18(26)15-20(21)27/h5-8,14-16,19H,4,9-13H2,1-3H3,(H2,28,29,32). The maximum absolute atomic E-state index is 14.2. The van der Waals surface area contributed by atoms with E-state index in [1.807, 2.05) is 25.1 Å². The predicted octanol–water partition coefficient (Wildman–Crippen LogP) is 5.80. The molecule has 1 atom stereocenters. The molecule has 2 N–H and O–H groups in total. The Hall–Kier alpha value is -2.84. The van der Waals surface area contributed by atoms with E-state index >= 15 is 0 Å². The van der Waals surface area contributed by atoms with Crippen molar-refractivity contribution in [2.75, 3.05) is 42.4 Å². The van der Waals surface area contributed by atoms with Crippen LogP contribution in [0.2, 0.25) is 5.02 Å². The first-order valence-corrected chi connectivity index (χ1v) is 11.8. The van der Waals surface area contributed by atoms with Crippen LogP contribution in [0.25, 0.3) is 0 Å². The summed E-state index contributed by atoms with van der Waals surface area (Å²) in [4.78, 5) is 26.9. The van der Waals surface area contributed by atoms with E-state index in [-0.39, 0.29) is 35.1 Å². The number of nitrogens with one attached hydrogen (secondary N) is 2. The number of rotatable bonds is 8. The van der Waals surface area contributed by atoms with Crippen molar-refractivity contribution in [1.82, 2.24) is 0 Å². The lowest BCUT2D eigenvalue weighted by Crippen LogP contribution is -2.40. The lowest BCUT2D eigenvalue weighted by Gasteiger charge is -2.36. The Balaban J connectivity index is 1.90. The highest BCUT2D eigenvalue weighted by Crippen LogP contribution is 2.34. The molecule has 7 nitrogen and oxygen atoms in total.